The van der Waals surface area contributed by atoms with E-state index in [4.69, 9.17) is 14.5 Å². The third kappa shape index (κ3) is 5.41. The van der Waals surface area contributed by atoms with Gasteiger partial charge in [-0.25, -0.2) is 4.99 Å². The van der Waals surface area contributed by atoms with Gasteiger partial charge in [-0.15, -0.1) is 0 Å². The summed E-state index contributed by atoms with van der Waals surface area (Å²) in [6.07, 6.45) is 0.0343. The van der Waals surface area contributed by atoms with Crippen molar-refractivity contribution >= 4 is 5.96 Å². The third-order valence-corrected chi connectivity index (χ3v) is 4.97. The van der Waals surface area contributed by atoms with E-state index in [2.05, 4.69) is 48.3 Å². The monoisotopic (exact) mass is 397 g/mol. The number of hydrogen-bond donors (Lipinski definition) is 2. The Morgan fingerprint density at radius 3 is 2.86 bits per heavy atom. The molecule has 2 N–H and O–H groups in total. The van der Waals surface area contributed by atoms with E-state index in [9.17, 15) is 5.11 Å². The molecule has 1 aliphatic rings. The second-order valence-electron chi connectivity index (χ2n) is 7.07. The molecule has 3 rings (SSSR count). The van der Waals surface area contributed by atoms with E-state index >= 15 is 0 Å². The summed E-state index contributed by atoms with van der Waals surface area (Å²) in [7, 11) is 0. The summed E-state index contributed by atoms with van der Waals surface area (Å²) in [5, 5.41) is 13.3. The minimum Gasteiger partial charge on any atom is -0.504 e. The van der Waals surface area contributed by atoms with Crippen LogP contribution in [0, 0.1) is 6.92 Å². The molecular formula is C23H31N3O3. The van der Waals surface area contributed by atoms with Gasteiger partial charge in [-0.2, -0.15) is 0 Å². The number of ether oxygens (including phenoxy) is 2. The molecule has 0 aromatic heterocycles. The van der Waals surface area contributed by atoms with E-state index in [0.717, 1.165) is 31.2 Å². The molecule has 0 aliphatic carbocycles. The number of benzene rings is 2. The largest absolute Gasteiger partial charge is 0.504 e. The van der Waals surface area contributed by atoms with Gasteiger partial charge in [0.25, 0.3) is 0 Å². The van der Waals surface area contributed by atoms with Gasteiger partial charge in [-0.1, -0.05) is 30.3 Å². The summed E-state index contributed by atoms with van der Waals surface area (Å²) in [4.78, 5) is 7.09. The van der Waals surface area contributed by atoms with Gasteiger partial charge in [0, 0.05) is 13.1 Å². The average molecular weight is 398 g/mol. The van der Waals surface area contributed by atoms with E-state index in [0.29, 0.717) is 25.5 Å². The highest BCUT2D eigenvalue weighted by atomic mass is 16.5. The van der Waals surface area contributed by atoms with E-state index in [1.165, 1.54) is 11.1 Å². The Bertz CT molecular complexity index is 838. The Kier molecular flexibility index (Phi) is 7.36. The van der Waals surface area contributed by atoms with Crippen molar-refractivity contribution in [1.29, 1.82) is 0 Å². The van der Waals surface area contributed by atoms with Crippen LogP contribution in [0.1, 0.15) is 36.6 Å². The quantitative estimate of drug-likeness (QED) is 0.575. The molecule has 0 spiro atoms. The number of aromatic hydroxyl groups is 1. The molecule has 0 radical (unpaired) electrons. The second kappa shape index (κ2) is 10.2. The van der Waals surface area contributed by atoms with Gasteiger partial charge < -0.3 is 24.8 Å². The van der Waals surface area contributed by atoms with E-state index in [1.54, 1.807) is 6.07 Å². The second-order valence-corrected chi connectivity index (χ2v) is 7.07. The van der Waals surface area contributed by atoms with Crippen LogP contribution < -0.4 is 10.1 Å². The van der Waals surface area contributed by atoms with Crippen molar-refractivity contribution in [1.82, 2.24) is 10.2 Å². The first-order valence-corrected chi connectivity index (χ1v) is 10.3. The van der Waals surface area contributed by atoms with Crippen LogP contribution in [0.3, 0.4) is 0 Å². The number of phenolic OH excluding ortho intramolecular Hbond substituents is 1. The van der Waals surface area contributed by atoms with Crippen molar-refractivity contribution in [3.63, 3.8) is 0 Å². The first-order valence-electron chi connectivity index (χ1n) is 10.3. The smallest absolute Gasteiger partial charge is 0.194 e. The molecule has 29 heavy (non-hydrogen) atoms. The Morgan fingerprint density at radius 1 is 1.28 bits per heavy atom. The number of nitrogens with one attached hydrogen (secondary N) is 1. The molecule has 1 atom stereocenters. The van der Waals surface area contributed by atoms with Crippen LogP contribution in [0.5, 0.6) is 11.5 Å². The molecule has 0 bridgehead atoms. The molecule has 0 saturated carbocycles. The highest BCUT2D eigenvalue weighted by Crippen LogP contribution is 2.27. The summed E-state index contributed by atoms with van der Waals surface area (Å²) in [6, 6.07) is 13.8. The minimum atomic E-state index is 0.0343. The van der Waals surface area contributed by atoms with E-state index in [-0.39, 0.29) is 11.9 Å². The number of rotatable bonds is 6. The topological polar surface area (TPSA) is 66.3 Å². The van der Waals surface area contributed by atoms with Crippen molar-refractivity contribution < 1.29 is 14.6 Å². The maximum Gasteiger partial charge on any atom is 0.194 e. The third-order valence-electron chi connectivity index (χ3n) is 4.97. The Balaban J connectivity index is 1.75. The highest BCUT2D eigenvalue weighted by Gasteiger charge is 2.25. The number of nitrogens with zero attached hydrogens (tertiary/aromatic N) is 2. The van der Waals surface area contributed by atoms with Crippen molar-refractivity contribution in [2.75, 3.05) is 32.8 Å². The summed E-state index contributed by atoms with van der Waals surface area (Å²) in [5.74, 6) is 1.53. The van der Waals surface area contributed by atoms with Crippen molar-refractivity contribution in [3.8, 4) is 11.5 Å². The molecule has 2 aromatic carbocycles. The average Bonchev–Trinajstić information content (AvgIpc) is 2.74. The summed E-state index contributed by atoms with van der Waals surface area (Å²) in [6.45, 7) is 10.1. The SMILES string of the molecule is CCNC(=NCc1ccc(O)c(OCC)c1)N1CCOC(c2ccccc2C)C1. The predicted molar refractivity (Wildman–Crippen MR) is 116 cm³/mol. The normalized spacial score (nSPS) is 17.3. The van der Waals surface area contributed by atoms with Gasteiger partial charge >= 0.3 is 0 Å². The maximum absolute atomic E-state index is 9.90. The van der Waals surface area contributed by atoms with Gasteiger partial charge in [-0.05, 0) is 49.6 Å². The van der Waals surface area contributed by atoms with Crippen LogP contribution in [-0.2, 0) is 11.3 Å². The lowest BCUT2D eigenvalue weighted by molar-refractivity contribution is -0.00834. The molecule has 1 unspecified atom stereocenters. The zero-order valence-electron chi connectivity index (χ0n) is 17.5. The molecule has 1 fully saturated rings. The van der Waals surface area contributed by atoms with Crippen LogP contribution in [0.4, 0.5) is 0 Å². The molecule has 2 aromatic rings. The first-order chi connectivity index (χ1) is 14.1. The highest BCUT2D eigenvalue weighted by molar-refractivity contribution is 5.80. The Labute approximate surface area is 173 Å². The zero-order chi connectivity index (χ0) is 20.6. The number of hydrogen-bond acceptors (Lipinski definition) is 4. The van der Waals surface area contributed by atoms with Crippen LogP contribution in [0.25, 0.3) is 0 Å². The Hall–Kier alpha value is -2.73. The molecule has 1 aliphatic heterocycles. The van der Waals surface area contributed by atoms with Gasteiger partial charge in [0.1, 0.15) is 6.10 Å². The van der Waals surface area contributed by atoms with Crippen molar-refractivity contribution in [2.45, 2.75) is 33.4 Å². The predicted octanol–water partition coefficient (Wildman–Crippen LogP) is 3.64. The standard InChI is InChI=1S/C23H31N3O3/c1-4-24-23(25-15-18-10-11-20(27)21(14-18)28-5-2)26-12-13-29-22(16-26)19-9-7-6-8-17(19)3/h6-11,14,22,27H,4-5,12-13,15-16H2,1-3H3,(H,24,25). The fraction of sp³-hybridized carbons (Fsp3) is 0.435. The van der Waals surface area contributed by atoms with Crippen LogP contribution in [-0.4, -0.2) is 48.8 Å². The molecule has 6 heteroatoms. The van der Waals surface area contributed by atoms with Crippen LogP contribution in [0.15, 0.2) is 47.5 Å². The van der Waals surface area contributed by atoms with Gasteiger partial charge in [-0.3, -0.25) is 0 Å². The lowest BCUT2D eigenvalue weighted by Gasteiger charge is -2.35. The molecular weight excluding hydrogens is 366 g/mol. The van der Waals surface area contributed by atoms with Crippen LogP contribution >= 0.6 is 0 Å². The fourth-order valence-corrected chi connectivity index (χ4v) is 3.50. The minimum absolute atomic E-state index is 0.0343. The zero-order valence-corrected chi connectivity index (χ0v) is 17.5. The number of phenols is 1. The number of guanidine groups is 1. The summed E-state index contributed by atoms with van der Waals surface area (Å²) in [5.41, 5.74) is 3.46. The Morgan fingerprint density at radius 2 is 2.10 bits per heavy atom. The lowest BCUT2D eigenvalue weighted by Crippen LogP contribution is -2.48. The summed E-state index contributed by atoms with van der Waals surface area (Å²) >= 11 is 0. The molecule has 1 heterocycles. The van der Waals surface area contributed by atoms with Crippen molar-refractivity contribution in [3.05, 3.63) is 59.2 Å². The first kappa shape index (κ1) is 21.0. The molecule has 6 nitrogen and oxygen atoms in total. The number of aryl methyl sites for hydroxylation is 1. The van der Waals surface area contributed by atoms with Gasteiger partial charge in [0.2, 0.25) is 0 Å². The van der Waals surface area contributed by atoms with Gasteiger partial charge in [0.05, 0.1) is 26.3 Å². The van der Waals surface area contributed by atoms with Gasteiger partial charge in [0.15, 0.2) is 17.5 Å². The van der Waals surface area contributed by atoms with E-state index in [1.807, 2.05) is 19.1 Å². The molecule has 0 amide bonds. The lowest BCUT2D eigenvalue weighted by atomic mass is 10.0. The maximum atomic E-state index is 9.90. The number of aliphatic imine (C=N–C) groups is 1. The number of morpholine rings is 1. The van der Waals surface area contributed by atoms with Crippen LogP contribution in [0.2, 0.25) is 0 Å². The summed E-state index contributed by atoms with van der Waals surface area (Å²) < 4.78 is 11.5. The molecule has 1 saturated heterocycles. The van der Waals surface area contributed by atoms with Crippen molar-refractivity contribution in [2.24, 2.45) is 4.99 Å². The fourth-order valence-electron chi connectivity index (χ4n) is 3.50. The van der Waals surface area contributed by atoms with E-state index < -0.39 is 0 Å². The molecule has 156 valence electrons.